The maximum atomic E-state index is 13.5. The molecule has 2 aromatic rings. The third-order valence-corrected chi connectivity index (χ3v) is 7.09. The average molecular weight is 466 g/mol. The number of piperidine rings is 1. The van der Waals surface area contributed by atoms with Gasteiger partial charge >= 0.3 is 0 Å². The number of rotatable bonds is 7. The second kappa shape index (κ2) is 9.86. The number of nitrogens with one attached hydrogen (secondary N) is 1. The zero-order chi connectivity index (χ0) is 24.3. The van der Waals surface area contributed by atoms with Gasteiger partial charge in [0.25, 0.3) is 0 Å². The lowest BCUT2D eigenvalue weighted by atomic mass is 9.73. The molecule has 34 heavy (non-hydrogen) atoms. The van der Waals surface area contributed by atoms with Crippen molar-refractivity contribution in [2.75, 3.05) is 19.7 Å². The lowest BCUT2D eigenvalue weighted by molar-refractivity contribution is -0.140. The van der Waals surface area contributed by atoms with Crippen LogP contribution in [-0.4, -0.2) is 53.1 Å². The molecular formula is C27H35N3O4. The summed E-state index contributed by atoms with van der Waals surface area (Å²) in [4.78, 5) is 27.8. The Bertz CT molecular complexity index is 1010. The second-order valence-electron chi connectivity index (χ2n) is 10.2. The Hall–Kier alpha value is -2.74. The lowest BCUT2D eigenvalue weighted by Gasteiger charge is -2.41. The van der Waals surface area contributed by atoms with Gasteiger partial charge in [0, 0.05) is 18.5 Å². The van der Waals surface area contributed by atoms with E-state index in [-0.39, 0.29) is 17.9 Å². The minimum absolute atomic E-state index is 0.0682. The van der Waals surface area contributed by atoms with Crippen molar-refractivity contribution in [2.24, 2.45) is 5.73 Å². The van der Waals surface area contributed by atoms with Gasteiger partial charge < -0.3 is 25.8 Å². The fraction of sp³-hybridized carbons (Fsp3) is 0.481. The highest BCUT2D eigenvalue weighted by atomic mass is 16.5. The molecule has 1 fully saturated rings. The van der Waals surface area contributed by atoms with Crippen molar-refractivity contribution in [3.05, 3.63) is 71.3 Å². The zero-order valence-electron chi connectivity index (χ0n) is 20.0. The van der Waals surface area contributed by atoms with E-state index in [9.17, 15) is 14.7 Å². The summed E-state index contributed by atoms with van der Waals surface area (Å²) in [5.41, 5.74) is 7.96. The molecule has 0 unspecified atom stereocenters. The molecule has 0 aromatic heterocycles. The Labute approximate surface area is 201 Å². The van der Waals surface area contributed by atoms with Crippen molar-refractivity contribution in [2.45, 2.75) is 62.8 Å². The van der Waals surface area contributed by atoms with Crippen molar-refractivity contribution in [1.29, 1.82) is 0 Å². The van der Waals surface area contributed by atoms with Gasteiger partial charge in [-0.2, -0.15) is 0 Å². The number of hydrogen-bond donors (Lipinski definition) is 3. The van der Waals surface area contributed by atoms with E-state index in [1.165, 1.54) is 5.56 Å². The molecule has 1 heterocycles. The predicted octanol–water partition coefficient (Wildman–Crippen LogP) is 2.42. The van der Waals surface area contributed by atoms with E-state index >= 15 is 0 Å². The Morgan fingerprint density at radius 3 is 2.47 bits per heavy atom. The van der Waals surface area contributed by atoms with Crippen LogP contribution in [0.25, 0.3) is 0 Å². The number of hydrogen-bond acceptors (Lipinski definition) is 5. The largest absolute Gasteiger partial charge is 0.388 e. The van der Waals surface area contributed by atoms with Crippen molar-refractivity contribution >= 4 is 11.8 Å². The summed E-state index contributed by atoms with van der Waals surface area (Å²) in [7, 11) is 0. The third kappa shape index (κ3) is 5.17. The molecule has 4 N–H and O–H groups in total. The minimum atomic E-state index is -1.10. The van der Waals surface area contributed by atoms with Gasteiger partial charge in [-0.1, -0.05) is 54.6 Å². The Balaban J connectivity index is 1.42. The fourth-order valence-electron chi connectivity index (χ4n) is 5.10. The van der Waals surface area contributed by atoms with Crippen LogP contribution in [0.4, 0.5) is 0 Å². The number of aliphatic hydroxyl groups excluding tert-OH is 1. The van der Waals surface area contributed by atoms with Crippen LogP contribution in [0.15, 0.2) is 54.6 Å². The number of ether oxygens (including phenoxy) is 1. The smallest absolute Gasteiger partial charge is 0.247 e. The maximum absolute atomic E-state index is 13.5. The van der Waals surface area contributed by atoms with Crippen molar-refractivity contribution in [3.8, 4) is 0 Å². The number of carbonyl (C=O) groups is 2. The quantitative estimate of drug-likeness (QED) is 0.583. The summed E-state index contributed by atoms with van der Waals surface area (Å²) in [5.74, 6) is -0.553. The molecule has 7 nitrogen and oxygen atoms in total. The zero-order valence-corrected chi connectivity index (χ0v) is 20.0. The van der Waals surface area contributed by atoms with Gasteiger partial charge in [-0.15, -0.1) is 0 Å². The van der Waals surface area contributed by atoms with E-state index in [1.54, 1.807) is 18.7 Å². The molecule has 2 aromatic carbocycles. The topological polar surface area (TPSA) is 105 Å². The van der Waals surface area contributed by atoms with E-state index < -0.39 is 23.6 Å². The monoisotopic (exact) mass is 465 g/mol. The highest BCUT2D eigenvalue weighted by molar-refractivity contribution is 5.91. The summed E-state index contributed by atoms with van der Waals surface area (Å²) in [6, 6.07) is 17.0. The number of likely N-dealkylation sites (tertiary alicyclic amines) is 1. The van der Waals surface area contributed by atoms with Crippen molar-refractivity contribution in [1.82, 2.24) is 10.2 Å². The molecule has 1 aliphatic carbocycles. The van der Waals surface area contributed by atoms with Gasteiger partial charge in [-0.05, 0) is 49.8 Å². The molecule has 2 amide bonds. The van der Waals surface area contributed by atoms with Crippen LogP contribution in [0, 0.1) is 0 Å². The standard InChI is InChI=1S/C27H35N3O4/c1-26(2,28)25(33)29-22(18-34-17-19-8-4-3-5-9-19)24(32)30-14-12-27(13-15-30)16-23(31)20-10-6-7-11-21(20)27/h3-11,22-23,31H,12-18,28H2,1-2H3,(H,29,33)/t22-,23+/m0/s1. The molecule has 7 heteroatoms. The molecule has 0 saturated carbocycles. The number of carbonyl (C=O) groups excluding carboxylic acids is 2. The van der Waals surface area contributed by atoms with Gasteiger partial charge in [0.15, 0.2) is 0 Å². The Kier molecular flexibility index (Phi) is 7.07. The van der Waals surface area contributed by atoms with E-state index in [4.69, 9.17) is 10.5 Å². The van der Waals surface area contributed by atoms with Gasteiger partial charge in [-0.3, -0.25) is 9.59 Å². The molecule has 4 rings (SSSR count). The second-order valence-corrected chi connectivity index (χ2v) is 10.2. The summed E-state index contributed by atoms with van der Waals surface area (Å²) < 4.78 is 5.83. The number of amides is 2. The molecule has 182 valence electrons. The first-order valence-corrected chi connectivity index (χ1v) is 12.0. The number of nitrogens with zero attached hydrogens (tertiary/aromatic N) is 1. The van der Waals surface area contributed by atoms with Crippen LogP contribution >= 0.6 is 0 Å². The molecular weight excluding hydrogens is 430 g/mol. The van der Waals surface area contributed by atoms with E-state index in [2.05, 4.69) is 11.4 Å². The lowest BCUT2D eigenvalue weighted by Crippen LogP contribution is -2.59. The van der Waals surface area contributed by atoms with Gasteiger partial charge in [0.05, 0.1) is 24.9 Å². The molecule has 2 atom stereocenters. The third-order valence-electron chi connectivity index (χ3n) is 7.09. The first kappa shape index (κ1) is 24.4. The number of fused-ring (bicyclic) bond motifs is 2. The van der Waals surface area contributed by atoms with Gasteiger partial charge in [0.1, 0.15) is 6.04 Å². The average Bonchev–Trinajstić information content (AvgIpc) is 3.10. The molecule has 1 aliphatic heterocycles. The van der Waals surface area contributed by atoms with Crippen molar-refractivity contribution in [3.63, 3.8) is 0 Å². The summed E-state index contributed by atoms with van der Waals surface area (Å²) in [6.07, 6.45) is 1.79. The van der Waals surface area contributed by atoms with Gasteiger partial charge in [0.2, 0.25) is 11.8 Å². The van der Waals surface area contributed by atoms with Crippen LogP contribution in [0.5, 0.6) is 0 Å². The SMILES string of the molecule is CC(C)(N)C(=O)N[C@@H](COCc1ccccc1)C(=O)N1CCC2(CC1)C[C@@H](O)c1ccccc12. The predicted molar refractivity (Wildman–Crippen MR) is 130 cm³/mol. The highest BCUT2D eigenvalue weighted by Gasteiger charge is 2.46. The Morgan fingerprint density at radius 1 is 1.15 bits per heavy atom. The number of benzene rings is 2. The van der Waals surface area contributed by atoms with E-state index in [1.807, 2.05) is 48.5 Å². The fourth-order valence-corrected chi connectivity index (χ4v) is 5.10. The van der Waals surface area contributed by atoms with Gasteiger partial charge in [-0.25, -0.2) is 0 Å². The maximum Gasteiger partial charge on any atom is 0.247 e. The number of nitrogens with two attached hydrogens (primary N) is 1. The molecule has 0 bridgehead atoms. The summed E-state index contributed by atoms with van der Waals surface area (Å²) in [6.45, 7) is 4.78. The number of aliphatic hydroxyl groups is 1. The van der Waals surface area contributed by atoms with Crippen LogP contribution in [-0.2, 0) is 26.3 Å². The van der Waals surface area contributed by atoms with Crippen molar-refractivity contribution < 1.29 is 19.4 Å². The Morgan fingerprint density at radius 2 is 1.79 bits per heavy atom. The molecule has 1 spiro atoms. The highest BCUT2D eigenvalue weighted by Crippen LogP contribution is 2.50. The molecule has 1 saturated heterocycles. The first-order chi connectivity index (χ1) is 16.2. The first-order valence-electron chi connectivity index (χ1n) is 12.0. The van der Waals surface area contributed by atoms with Crippen LogP contribution in [0.1, 0.15) is 55.9 Å². The van der Waals surface area contributed by atoms with E-state index in [0.29, 0.717) is 26.1 Å². The van der Waals surface area contributed by atoms with Crippen LogP contribution in [0.3, 0.4) is 0 Å². The molecule has 0 radical (unpaired) electrons. The molecule has 2 aliphatic rings. The van der Waals surface area contributed by atoms with Crippen LogP contribution < -0.4 is 11.1 Å². The summed E-state index contributed by atoms with van der Waals surface area (Å²) >= 11 is 0. The normalized spacial score (nSPS) is 20.1. The summed E-state index contributed by atoms with van der Waals surface area (Å²) in [5, 5.41) is 13.4. The van der Waals surface area contributed by atoms with E-state index in [0.717, 1.165) is 24.0 Å². The minimum Gasteiger partial charge on any atom is -0.388 e. The van der Waals surface area contributed by atoms with Crippen LogP contribution in [0.2, 0.25) is 0 Å².